The molecule has 2 aromatic rings. The smallest absolute Gasteiger partial charge is 0.123 e. The zero-order valence-electron chi connectivity index (χ0n) is 14.9. The minimum absolute atomic E-state index is 0. The molecule has 0 radical (unpaired) electrons. The molecule has 0 amide bonds. The van der Waals surface area contributed by atoms with Crippen LogP contribution in [0.3, 0.4) is 0 Å². The Labute approximate surface area is 161 Å². The number of aryl methyl sites for hydroxylation is 1. The van der Waals surface area contributed by atoms with E-state index in [4.69, 9.17) is 4.98 Å². The summed E-state index contributed by atoms with van der Waals surface area (Å²) in [7, 11) is 0. The molecule has 4 rings (SSSR count). The van der Waals surface area contributed by atoms with Crippen LogP contribution in [0.2, 0.25) is 0 Å². The SMILES string of the molecule is Cc1ccc(-c2nc(CN3CCC(C4CCCN4)CC3)cs2)cc1.Cl. The number of thiazole rings is 1. The highest BCUT2D eigenvalue weighted by molar-refractivity contribution is 7.13. The van der Waals surface area contributed by atoms with Crippen LogP contribution in [-0.4, -0.2) is 35.6 Å². The highest BCUT2D eigenvalue weighted by atomic mass is 35.5. The summed E-state index contributed by atoms with van der Waals surface area (Å²) >= 11 is 1.77. The molecule has 1 N–H and O–H groups in total. The summed E-state index contributed by atoms with van der Waals surface area (Å²) in [5, 5.41) is 7.07. The second-order valence-electron chi connectivity index (χ2n) is 7.33. The Kier molecular flexibility index (Phi) is 6.50. The van der Waals surface area contributed by atoms with Gasteiger partial charge in [0.2, 0.25) is 0 Å². The normalized spacial score (nSPS) is 22.0. The van der Waals surface area contributed by atoms with Crippen molar-refractivity contribution in [3.63, 3.8) is 0 Å². The second kappa shape index (κ2) is 8.63. The minimum Gasteiger partial charge on any atom is -0.314 e. The van der Waals surface area contributed by atoms with Crippen LogP contribution in [0.4, 0.5) is 0 Å². The van der Waals surface area contributed by atoms with Crippen LogP contribution in [0.1, 0.15) is 36.9 Å². The lowest BCUT2D eigenvalue weighted by molar-refractivity contribution is 0.156. The van der Waals surface area contributed by atoms with Gasteiger partial charge in [0.15, 0.2) is 0 Å². The van der Waals surface area contributed by atoms with Crippen LogP contribution < -0.4 is 5.32 Å². The van der Waals surface area contributed by atoms with Gasteiger partial charge in [-0.05, 0) is 58.2 Å². The molecule has 136 valence electrons. The number of benzene rings is 1. The summed E-state index contributed by atoms with van der Waals surface area (Å²) in [5.74, 6) is 0.891. The Balaban J connectivity index is 0.00000182. The predicted molar refractivity (Wildman–Crippen MR) is 109 cm³/mol. The van der Waals surface area contributed by atoms with Gasteiger partial charge < -0.3 is 5.32 Å². The fourth-order valence-corrected chi connectivity index (χ4v) is 4.88. The third kappa shape index (κ3) is 4.62. The molecule has 1 atom stereocenters. The summed E-state index contributed by atoms with van der Waals surface area (Å²) in [4.78, 5) is 7.45. The molecule has 2 aliphatic rings. The Bertz CT molecular complexity index is 656. The first-order chi connectivity index (χ1) is 11.8. The number of halogens is 1. The van der Waals surface area contributed by atoms with E-state index in [-0.39, 0.29) is 12.4 Å². The summed E-state index contributed by atoms with van der Waals surface area (Å²) < 4.78 is 0. The first kappa shape index (κ1) is 18.8. The second-order valence-corrected chi connectivity index (χ2v) is 8.18. The number of nitrogens with zero attached hydrogens (tertiary/aromatic N) is 2. The van der Waals surface area contributed by atoms with Gasteiger partial charge in [-0.15, -0.1) is 23.7 Å². The van der Waals surface area contributed by atoms with Gasteiger partial charge in [-0.25, -0.2) is 4.98 Å². The predicted octanol–water partition coefficient (Wildman–Crippen LogP) is 4.50. The third-order valence-electron chi connectivity index (χ3n) is 5.54. The Hall–Kier alpha value is -0.940. The molecular formula is C20H28ClN3S. The Morgan fingerprint density at radius 3 is 2.60 bits per heavy atom. The maximum Gasteiger partial charge on any atom is 0.123 e. The van der Waals surface area contributed by atoms with Crippen molar-refractivity contribution in [1.82, 2.24) is 15.2 Å². The molecule has 3 heterocycles. The highest BCUT2D eigenvalue weighted by Gasteiger charge is 2.28. The molecule has 5 heteroatoms. The van der Waals surface area contributed by atoms with E-state index in [0.717, 1.165) is 23.5 Å². The molecule has 25 heavy (non-hydrogen) atoms. The minimum atomic E-state index is 0. The highest BCUT2D eigenvalue weighted by Crippen LogP contribution is 2.28. The van der Waals surface area contributed by atoms with Gasteiger partial charge >= 0.3 is 0 Å². The average molecular weight is 378 g/mol. The number of aromatic nitrogens is 1. The van der Waals surface area contributed by atoms with Crippen molar-refractivity contribution in [3.8, 4) is 10.6 Å². The quantitative estimate of drug-likeness (QED) is 0.849. The summed E-state index contributed by atoms with van der Waals surface area (Å²) in [6.45, 7) is 6.81. The van der Waals surface area contributed by atoms with Crippen molar-refractivity contribution in [3.05, 3.63) is 40.9 Å². The maximum atomic E-state index is 4.87. The van der Waals surface area contributed by atoms with Gasteiger partial charge in [-0.3, -0.25) is 4.90 Å². The van der Waals surface area contributed by atoms with E-state index in [1.54, 1.807) is 11.3 Å². The number of rotatable bonds is 4. The number of piperidine rings is 1. The molecular weight excluding hydrogens is 350 g/mol. The zero-order valence-corrected chi connectivity index (χ0v) is 16.5. The molecule has 0 spiro atoms. The first-order valence-electron chi connectivity index (χ1n) is 9.25. The average Bonchev–Trinajstić information content (AvgIpc) is 3.28. The molecule has 0 saturated carbocycles. The van der Waals surface area contributed by atoms with E-state index in [1.165, 1.54) is 62.1 Å². The van der Waals surface area contributed by atoms with Crippen LogP contribution in [0, 0.1) is 12.8 Å². The van der Waals surface area contributed by atoms with Crippen LogP contribution in [0.15, 0.2) is 29.6 Å². The van der Waals surface area contributed by atoms with Crippen LogP contribution in [0.25, 0.3) is 10.6 Å². The Morgan fingerprint density at radius 2 is 1.92 bits per heavy atom. The standard InChI is InChI=1S/C20H27N3S.ClH/c1-15-4-6-17(7-5-15)20-22-18(14-24-20)13-23-11-8-16(9-12-23)19-3-2-10-21-19;/h4-7,14,16,19,21H,2-3,8-13H2,1H3;1H. The first-order valence-corrected chi connectivity index (χ1v) is 10.1. The van der Waals surface area contributed by atoms with E-state index in [0.29, 0.717) is 0 Å². The molecule has 1 unspecified atom stereocenters. The van der Waals surface area contributed by atoms with Crippen molar-refractivity contribution in [2.75, 3.05) is 19.6 Å². The third-order valence-corrected chi connectivity index (χ3v) is 6.48. The molecule has 1 aromatic carbocycles. The lowest BCUT2D eigenvalue weighted by atomic mass is 9.88. The van der Waals surface area contributed by atoms with E-state index >= 15 is 0 Å². The lowest BCUT2D eigenvalue weighted by Crippen LogP contribution is -2.40. The van der Waals surface area contributed by atoms with Crippen molar-refractivity contribution < 1.29 is 0 Å². The lowest BCUT2D eigenvalue weighted by Gasteiger charge is -2.34. The van der Waals surface area contributed by atoms with E-state index in [9.17, 15) is 0 Å². The monoisotopic (exact) mass is 377 g/mol. The van der Waals surface area contributed by atoms with E-state index in [1.807, 2.05) is 0 Å². The summed E-state index contributed by atoms with van der Waals surface area (Å²) in [5.41, 5.74) is 3.77. The van der Waals surface area contributed by atoms with Gasteiger partial charge in [-0.2, -0.15) is 0 Å². The number of hydrogen-bond acceptors (Lipinski definition) is 4. The fraction of sp³-hybridized carbons (Fsp3) is 0.550. The largest absolute Gasteiger partial charge is 0.314 e. The van der Waals surface area contributed by atoms with Gasteiger partial charge in [0.1, 0.15) is 5.01 Å². The molecule has 0 bridgehead atoms. The van der Waals surface area contributed by atoms with Crippen molar-refractivity contribution in [2.45, 2.75) is 45.2 Å². The maximum absolute atomic E-state index is 4.87. The van der Waals surface area contributed by atoms with Gasteiger partial charge in [0.05, 0.1) is 5.69 Å². The van der Waals surface area contributed by atoms with Crippen LogP contribution >= 0.6 is 23.7 Å². The number of likely N-dealkylation sites (tertiary alicyclic amines) is 1. The molecule has 2 aliphatic heterocycles. The number of hydrogen-bond donors (Lipinski definition) is 1. The van der Waals surface area contributed by atoms with Crippen molar-refractivity contribution >= 4 is 23.7 Å². The molecule has 0 aliphatic carbocycles. The van der Waals surface area contributed by atoms with Gasteiger partial charge in [-0.1, -0.05) is 29.8 Å². The van der Waals surface area contributed by atoms with E-state index < -0.39 is 0 Å². The molecule has 2 saturated heterocycles. The zero-order chi connectivity index (χ0) is 16.4. The molecule has 3 nitrogen and oxygen atoms in total. The summed E-state index contributed by atoms with van der Waals surface area (Å²) in [6, 6.07) is 9.48. The van der Waals surface area contributed by atoms with E-state index in [2.05, 4.69) is 46.8 Å². The van der Waals surface area contributed by atoms with Crippen LogP contribution in [-0.2, 0) is 6.54 Å². The van der Waals surface area contributed by atoms with Crippen molar-refractivity contribution in [1.29, 1.82) is 0 Å². The summed E-state index contributed by atoms with van der Waals surface area (Å²) in [6.07, 6.45) is 5.43. The van der Waals surface area contributed by atoms with Gasteiger partial charge in [0.25, 0.3) is 0 Å². The van der Waals surface area contributed by atoms with Crippen molar-refractivity contribution in [2.24, 2.45) is 5.92 Å². The molecule has 1 aromatic heterocycles. The van der Waals surface area contributed by atoms with Crippen LogP contribution in [0.5, 0.6) is 0 Å². The number of nitrogens with one attached hydrogen (secondary N) is 1. The molecule has 2 fully saturated rings. The van der Waals surface area contributed by atoms with Gasteiger partial charge in [0, 0.05) is 23.5 Å². The Morgan fingerprint density at radius 1 is 1.16 bits per heavy atom. The fourth-order valence-electron chi connectivity index (χ4n) is 4.06. The topological polar surface area (TPSA) is 28.2 Å².